The molecule has 0 aliphatic carbocycles. The van der Waals surface area contributed by atoms with Crippen molar-refractivity contribution in [1.82, 2.24) is 4.90 Å². The summed E-state index contributed by atoms with van der Waals surface area (Å²) >= 11 is 5.61. The third-order valence-corrected chi connectivity index (χ3v) is 3.92. The predicted molar refractivity (Wildman–Crippen MR) is 75.2 cm³/mol. The van der Waals surface area contributed by atoms with Crippen LogP contribution < -0.4 is 5.32 Å². The van der Waals surface area contributed by atoms with E-state index in [0.717, 1.165) is 25.6 Å². The van der Waals surface area contributed by atoms with Gasteiger partial charge in [-0.1, -0.05) is 11.6 Å². The van der Waals surface area contributed by atoms with Gasteiger partial charge in [-0.25, -0.2) is 0 Å². The molecule has 0 saturated carbocycles. The minimum Gasteiger partial charge on any atom is -0.381 e. The van der Waals surface area contributed by atoms with Gasteiger partial charge in [0.15, 0.2) is 0 Å². The van der Waals surface area contributed by atoms with Gasteiger partial charge >= 0.3 is 6.18 Å². The van der Waals surface area contributed by atoms with Crippen molar-refractivity contribution in [3.05, 3.63) is 28.8 Å². The molecule has 0 radical (unpaired) electrons. The van der Waals surface area contributed by atoms with Crippen LogP contribution in [0.15, 0.2) is 18.2 Å². The van der Waals surface area contributed by atoms with Gasteiger partial charge in [-0.3, -0.25) is 4.90 Å². The van der Waals surface area contributed by atoms with E-state index in [1.54, 1.807) is 6.07 Å². The van der Waals surface area contributed by atoms with E-state index in [-0.39, 0.29) is 11.1 Å². The van der Waals surface area contributed by atoms with Gasteiger partial charge in [-0.15, -0.1) is 0 Å². The lowest BCUT2D eigenvalue weighted by Gasteiger charge is -2.21. The first-order valence-electron chi connectivity index (χ1n) is 6.64. The minimum atomic E-state index is -4.42. The Balaban J connectivity index is 2.08. The predicted octanol–water partition coefficient (Wildman–Crippen LogP) is 4.25. The fraction of sp³-hybridized carbons (Fsp3) is 0.571. The Bertz CT molecular complexity index is 474. The van der Waals surface area contributed by atoms with Crippen LogP contribution in [0.3, 0.4) is 0 Å². The van der Waals surface area contributed by atoms with Crippen molar-refractivity contribution in [2.24, 2.45) is 0 Å². The van der Waals surface area contributed by atoms with E-state index in [2.05, 4.69) is 24.1 Å². The molecule has 2 rings (SSSR count). The van der Waals surface area contributed by atoms with Crippen LogP contribution in [0, 0.1) is 0 Å². The van der Waals surface area contributed by atoms with Crippen molar-refractivity contribution in [3.8, 4) is 0 Å². The van der Waals surface area contributed by atoms with Gasteiger partial charge in [0.2, 0.25) is 0 Å². The van der Waals surface area contributed by atoms with E-state index in [1.807, 2.05) is 0 Å². The van der Waals surface area contributed by atoms with Crippen molar-refractivity contribution in [3.63, 3.8) is 0 Å². The zero-order valence-corrected chi connectivity index (χ0v) is 12.2. The lowest BCUT2D eigenvalue weighted by atomic mass is 10.1. The van der Waals surface area contributed by atoms with Crippen LogP contribution in [-0.2, 0) is 6.18 Å². The normalized spacial score (nSPS) is 20.6. The zero-order valence-electron chi connectivity index (χ0n) is 11.5. The maximum Gasteiger partial charge on any atom is 0.417 e. The monoisotopic (exact) mass is 306 g/mol. The first-order valence-corrected chi connectivity index (χ1v) is 7.02. The van der Waals surface area contributed by atoms with E-state index >= 15 is 0 Å². The number of alkyl halides is 3. The van der Waals surface area contributed by atoms with E-state index in [9.17, 15) is 13.2 Å². The quantitative estimate of drug-likeness (QED) is 0.898. The fourth-order valence-corrected chi connectivity index (χ4v) is 2.67. The standard InChI is InChI=1S/C14H18ClF3N2/c1-9(2)20-6-5-11(8-20)19-10-3-4-13(15)12(7-10)14(16,17)18/h3-4,7,9,11,19H,5-6,8H2,1-2H3. The van der Waals surface area contributed by atoms with Crippen molar-refractivity contribution in [2.45, 2.75) is 38.5 Å². The second-order valence-electron chi connectivity index (χ2n) is 5.41. The number of benzene rings is 1. The highest BCUT2D eigenvalue weighted by atomic mass is 35.5. The molecule has 0 bridgehead atoms. The number of nitrogens with one attached hydrogen (secondary N) is 1. The van der Waals surface area contributed by atoms with Crippen molar-refractivity contribution in [2.75, 3.05) is 18.4 Å². The van der Waals surface area contributed by atoms with Crippen molar-refractivity contribution >= 4 is 17.3 Å². The Morgan fingerprint density at radius 2 is 2.05 bits per heavy atom. The number of hydrogen-bond acceptors (Lipinski definition) is 2. The van der Waals surface area contributed by atoms with E-state index in [4.69, 9.17) is 11.6 Å². The molecule has 0 spiro atoms. The van der Waals surface area contributed by atoms with Crippen molar-refractivity contribution in [1.29, 1.82) is 0 Å². The average molecular weight is 307 g/mol. The molecule has 1 N–H and O–H groups in total. The SMILES string of the molecule is CC(C)N1CCC(Nc2ccc(Cl)c(C(F)(F)F)c2)C1. The summed E-state index contributed by atoms with van der Waals surface area (Å²) in [5.74, 6) is 0. The molecule has 112 valence electrons. The maximum atomic E-state index is 12.8. The maximum absolute atomic E-state index is 12.8. The third kappa shape index (κ3) is 3.58. The van der Waals surface area contributed by atoms with Gasteiger partial charge in [0, 0.05) is 30.9 Å². The molecule has 2 nitrogen and oxygen atoms in total. The molecule has 0 aromatic heterocycles. The number of anilines is 1. The average Bonchev–Trinajstić information content (AvgIpc) is 2.79. The van der Waals surface area contributed by atoms with Crippen molar-refractivity contribution < 1.29 is 13.2 Å². The van der Waals surface area contributed by atoms with Crippen LogP contribution >= 0.6 is 11.6 Å². The van der Waals surface area contributed by atoms with Gasteiger partial charge < -0.3 is 5.32 Å². The summed E-state index contributed by atoms with van der Waals surface area (Å²) in [7, 11) is 0. The lowest BCUT2D eigenvalue weighted by Crippen LogP contribution is -2.31. The largest absolute Gasteiger partial charge is 0.417 e. The second-order valence-corrected chi connectivity index (χ2v) is 5.82. The molecule has 0 amide bonds. The highest BCUT2D eigenvalue weighted by Gasteiger charge is 2.33. The van der Waals surface area contributed by atoms with Crippen LogP contribution in [0.5, 0.6) is 0 Å². The summed E-state index contributed by atoms with van der Waals surface area (Å²) < 4.78 is 38.4. The van der Waals surface area contributed by atoms with Crippen LogP contribution in [-0.4, -0.2) is 30.1 Å². The summed E-state index contributed by atoms with van der Waals surface area (Å²) in [4.78, 5) is 2.30. The Morgan fingerprint density at radius 3 is 2.60 bits per heavy atom. The summed E-state index contributed by atoms with van der Waals surface area (Å²) in [6.45, 7) is 6.05. The Hall–Kier alpha value is -0.940. The summed E-state index contributed by atoms with van der Waals surface area (Å²) in [6, 6.07) is 4.61. The number of hydrogen-bond donors (Lipinski definition) is 1. The topological polar surface area (TPSA) is 15.3 Å². The highest BCUT2D eigenvalue weighted by molar-refractivity contribution is 6.31. The van der Waals surface area contributed by atoms with E-state index < -0.39 is 11.7 Å². The molecule has 1 heterocycles. The molecule has 1 unspecified atom stereocenters. The smallest absolute Gasteiger partial charge is 0.381 e. The van der Waals surface area contributed by atoms with Gasteiger partial charge in [-0.2, -0.15) is 13.2 Å². The molecule has 1 aromatic carbocycles. The highest BCUT2D eigenvalue weighted by Crippen LogP contribution is 2.36. The molecular weight excluding hydrogens is 289 g/mol. The second kappa shape index (κ2) is 5.82. The number of likely N-dealkylation sites (tertiary alicyclic amines) is 1. The molecule has 1 aliphatic heterocycles. The van der Waals surface area contributed by atoms with E-state index in [1.165, 1.54) is 6.07 Å². The molecule has 1 aromatic rings. The molecule has 1 saturated heterocycles. The van der Waals surface area contributed by atoms with Gasteiger partial charge in [0.1, 0.15) is 0 Å². The number of halogens is 4. The van der Waals surface area contributed by atoms with Crippen LogP contribution in [0.1, 0.15) is 25.8 Å². The summed E-state index contributed by atoms with van der Waals surface area (Å²) in [5, 5.41) is 2.90. The zero-order chi connectivity index (χ0) is 14.9. The Labute approximate surface area is 121 Å². The molecular formula is C14H18ClF3N2. The van der Waals surface area contributed by atoms with Gasteiger partial charge in [0.05, 0.1) is 10.6 Å². The summed E-state index contributed by atoms with van der Waals surface area (Å²) in [5.41, 5.74) is -0.319. The Kier molecular flexibility index (Phi) is 4.49. The van der Waals surface area contributed by atoms with Crippen LogP contribution in [0.4, 0.5) is 18.9 Å². The number of rotatable bonds is 3. The lowest BCUT2D eigenvalue weighted by molar-refractivity contribution is -0.137. The molecule has 6 heteroatoms. The molecule has 1 fully saturated rings. The first kappa shape index (κ1) is 15.4. The van der Waals surface area contributed by atoms with Crippen LogP contribution in [0.2, 0.25) is 5.02 Å². The van der Waals surface area contributed by atoms with Gasteiger partial charge in [-0.05, 0) is 38.5 Å². The van der Waals surface area contributed by atoms with Crippen LogP contribution in [0.25, 0.3) is 0 Å². The minimum absolute atomic E-state index is 0.180. The third-order valence-electron chi connectivity index (χ3n) is 3.59. The summed E-state index contributed by atoms with van der Waals surface area (Å²) in [6.07, 6.45) is -3.49. The fourth-order valence-electron chi connectivity index (χ4n) is 2.44. The number of nitrogens with zero attached hydrogens (tertiary/aromatic N) is 1. The molecule has 1 aliphatic rings. The molecule has 20 heavy (non-hydrogen) atoms. The van der Waals surface area contributed by atoms with Gasteiger partial charge in [0.25, 0.3) is 0 Å². The molecule has 1 atom stereocenters. The first-order chi connectivity index (χ1) is 9.27. The van der Waals surface area contributed by atoms with E-state index in [0.29, 0.717) is 11.7 Å². The Morgan fingerprint density at radius 1 is 1.35 bits per heavy atom.